The highest BCUT2D eigenvalue weighted by Gasteiger charge is 2.33. The molecule has 0 fully saturated rings. The van der Waals surface area contributed by atoms with E-state index in [-0.39, 0.29) is 24.7 Å². The van der Waals surface area contributed by atoms with Crippen molar-refractivity contribution in [1.82, 2.24) is 4.90 Å². The Balaban J connectivity index is 1.83. The zero-order chi connectivity index (χ0) is 19.2. The van der Waals surface area contributed by atoms with E-state index in [0.717, 1.165) is 11.1 Å². The third-order valence-corrected chi connectivity index (χ3v) is 4.64. The third kappa shape index (κ3) is 4.73. The number of aliphatic carboxylic acids is 1. The van der Waals surface area contributed by atoms with E-state index in [4.69, 9.17) is 5.11 Å². The van der Waals surface area contributed by atoms with E-state index in [1.54, 1.807) is 11.0 Å². The van der Waals surface area contributed by atoms with Gasteiger partial charge in [0.05, 0.1) is 5.92 Å². The number of benzene rings is 2. The summed E-state index contributed by atoms with van der Waals surface area (Å²) in [5.41, 5.74) is 2.44. The Morgan fingerprint density at radius 2 is 1.78 bits per heavy atom. The van der Waals surface area contributed by atoms with E-state index in [0.29, 0.717) is 25.2 Å². The normalized spacial score (nSPS) is 15.6. The topological polar surface area (TPSA) is 86.7 Å². The molecule has 0 aliphatic carbocycles. The van der Waals surface area contributed by atoms with Crippen LogP contribution in [0, 0.1) is 0 Å². The van der Waals surface area contributed by atoms with Gasteiger partial charge in [-0.1, -0.05) is 48.5 Å². The molecule has 3 rings (SSSR count). The van der Waals surface area contributed by atoms with Crippen molar-refractivity contribution in [2.75, 3.05) is 11.9 Å². The Kier molecular flexibility index (Phi) is 5.86. The first-order valence-corrected chi connectivity index (χ1v) is 8.98. The van der Waals surface area contributed by atoms with Crippen molar-refractivity contribution in [3.8, 4) is 0 Å². The molecule has 2 aromatic rings. The van der Waals surface area contributed by atoms with Crippen LogP contribution in [0.5, 0.6) is 0 Å². The molecule has 1 unspecified atom stereocenters. The molecule has 0 radical (unpaired) electrons. The molecule has 2 amide bonds. The standard InChI is InChI=1S/C21H22N2O4/c24-19-13-17(16-9-4-5-10-18(16)22-19)21(27)23(12-6-11-20(25)26)14-15-7-2-1-3-8-15/h1-5,7-10,17H,6,11-14H2,(H,22,24)(H,25,26). The van der Waals surface area contributed by atoms with Crippen LogP contribution < -0.4 is 5.32 Å². The molecule has 0 bridgehead atoms. The van der Waals surface area contributed by atoms with Crippen molar-refractivity contribution in [2.45, 2.75) is 31.7 Å². The quantitative estimate of drug-likeness (QED) is 0.789. The monoisotopic (exact) mass is 366 g/mol. The first kappa shape index (κ1) is 18.6. The van der Waals surface area contributed by atoms with Gasteiger partial charge in [-0.3, -0.25) is 14.4 Å². The fraction of sp³-hybridized carbons (Fsp3) is 0.286. The van der Waals surface area contributed by atoms with Gasteiger partial charge in [-0.2, -0.15) is 0 Å². The predicted octanol–water partition coefficient (Wildman–Crippen LogP) is 3.01. The molecule has 1 aliphatic rings. The smallest absolute Gasteiger partial charge is 0.303 e. The van der Waals surface area contributed by atoms with E-state index < -0.39 is 11.9 Å². The van der Waals surface area contributed by atoms with E-state index in [9.17, 15) is 14.4 Å². The number of carbonyl (C=O) groups excluding carboxylic acids is 2. The lowest BCUT2D eigenvalue weighted by Gasteiger charge is -2.31. The maximum absolute atomic E-state index is 13.3. The van der Waals surface area contributed by atoms with E-state index in [1.807, 2.05) is 48.5 Å². The highest BCUT2D eigenvalue weighted by atomic mass is 16.4. The fourth-order valence-electron chi connectivity index (χ4n) is 3.34. The molecule has 2 N–H and O–H groups in total. The highest BCUT2D eigenvalue weighted by molar-refractivity contribution is 6.01. The Bertz CT molecular complexity index is 835. The molecule has 6 nitrogen and oxygen atoms in total. The van der Waals surface area contributed by atoms with E-state index in [2.05, 4.69) is 5.32 Å². The number of nitrogens with zero attached hydrogens (tertiary/aromatic N) is 1. The molecule has 0 spiro atoms. The number of fused-ring (bicyclic) bond motifs is 1. The lowest BCUT2D eigenvalue weighted by Crippen LogP contribution is -2.39. The maximum atomic E-state index is 13.3. The summed E-state index contributed by atoms with van der Waals surface area (Å²) in [6.45, 7) is 0.722. The van der Waals surface area contributed by atoms with Crippen molar-refractivity contribution >= 4 is 23.5 Å². The van der Waals surface area contributed by atoms with Crippen LogP contribution in [-0.4, -0.2) is 34.3 Å². The average Bonchev–Trinajstić information content (AvgIpc) is 2.66. The first-order valence-electron chi connectivity index (χ1n) is 8.98. The molecule has 0 saturated carbocycles. The van der Waals surface area contributed by atoms with Gasteiger partial charge < -0.3 is 15.3 Å². The number of amides is 2. The Hall–Kier alpha value is -3.15. The van der Waals surface area contributed by atoms with Gasteiger partial charge >= 0.3 is 5.97 Å². The van der Waals surface area contributed by atoms with Crippen LogP contribution in [0.15, 0.2) is 54.6 Å². The van der Waals surface area contributed by atoms with Gasteiger partial charge in [0.15, 0.2) is 0 Å². The van der Waals surface area contributed by atoms with Gasteiger partial charge in [-0.05, 0) is 23.6 Å². The number of nitrogens with one attached hydrogen (secondary N) is 1. The number of hydrogen-bond donors (Lipinski definition) is 2. The molecule has 0 aromatic heterocycles. The van der Waals surface area contributed by atoms with Crippen LogP contribution in [-0.2, 0) is 20.9 Å². The van der Waals surface area contributed by atoms with Crippen LogP contribution in [0.3, 0.4) is 0 Å². The zero-order valence-corrected chi connectivity index (χ0v) is 14.9. The van der Waals surface area contributed by atoms with Crippen molar-refractivity contribution in [3.05, 3.63) is 65.7 Å². The molecule has 27 heavy (non-hydrogen) atoms. The summed E-state index contributed by atoms with van der Waals surface area (Å²) in [7, 11) is 0. The molecular weight excluding hydrogens is 344 g/mol. The van der Waals surface area contributed by atoms with Crippen molar-refractivity contribution in [2.24, 2.45) is 0 Å². The summed E-state index contributed by atoms with van der Waals surface area (Å²) < 4.78 is 0. The molecule has 2 aromatic carbocycles. The van der Waals surface area contributed by atoms with Gasteiger partial charge in [0.1, 0.15) is 0 Å². The summed E-state index contributed by atoms with van der Waals surface area (Å²) in [6, 6.07) is 16.9. The van der Waals surface area contributed by atoms with Crippen LogP contribution in [0.25, 0.3) is 0 Å². The second-order valence-electron chi connectivity index (χ2n) is 6.63. The van der Waals surface area contributed by atoms with Crippen LogP contribution in [0.2, 0.25) is 0 Å². The molecule has 140 valence electrons. The van der Waals surface area contributed by atoms with Crippen molar-refractivity contribution in [3.63, 3.8) is 0 Å². The van der Waals surface area contributed by atoms with Gasteiger partial charge in [0, 0.05) is 31.6 Å². The Morgan fingerprint density at radius 3 is 2.52 bits per heavy atom. The summed E-state index contributed by atoms with van der Waals surface area (Å²) in [5.74, 6) is -1.77. The first-order chi connectivity index (χ1) is 13.0. The maximum Gasteiger partial charge on any atom is 0.303 e. The molecule has 1 heterocycles. The molecule has 0 saturated heterocycles. The van der Waals surface area contributed by atoms with Crippen LogP contribution >= 0.6 is 0 Å². The third-order valence-electron chi connectivity index (χ3n) is 4.64. The largest absolute Gasteiger partial charge is 0.481 e. The minimum Gasteiger partial charge on any atom is -0.481 e. The van der Waals surface area contributed by atoms with Gasteiger partial charge in [-0.25, -0.2) is 0 Å². The summed E-state index contributed by atoms with van der Waals surface area (Å²) in [6.07, 6.45) is 0.467. The number of carboxylic acid groups (broad SMARTS) is 1. The average molecular weight is 366 g/mol. The number of para-hydroxylation sites is 1. The van der Waals surface area contributed by atoms with Crippen LogP contribution in [0.4, 0.5) is 5.69 Å². The van der Waals surface area contributed by atoms with Gasteiger partial charge in [-0.15, -0.1) is 0 Å². The summed E-state index contributed by atoms with van der Waals surface area (Å²) in [5, 5.41) is 11.7. The Morgan fingerprint density at radius 1 is 1.07 bits per heavy atom. The minimum absolute atomic E-state index is 0.000307. The number of hydrogen-bond acceptors (Lipinski definition) is 3. The summed E-state index contributed by atoms with van der Waals surface area (Å²) >= 11 is 0. The molecule has 1 aliphatic heterocycles. The fourth-order valence-corrected chi connectivity index (χ4v) is 3.34. The number of carboxylic acids is 1. The van der Waals surface area contributed by atoms with Gasteiger partial charge in [0.2, 0.25) is 11.8 Å². The predicted molar refractivity (Wildman–Crippen MR) is 101 cm³/mol. The number of anilines is 1. The second kappa shape index (κ2) is 8.49. The van der Waals surface area contributed by atoms with E-state index in [1.165, 1.54) is 0 Å². The Labute approximate surface area is 157 Å². The van der Waals surface area contributed by atoms with Crippen molar-refractivity contribution < 1.29 is 19.5 Å². The SMILES string of the molecule is O=C(O)CCCN(Cc1ccccc1)C(=O)C1CC(=O)Nc2ccccc21. The molecular formula is C21H22N2O4. The number of rotatable bonds is 7. The van der Waals surface area contributed by atoms with E-state index >= 15 is 0 Å². The van der Waals surface area contributed by atoms with Crippen LogP contribution in [0.1, 0.15) is 36.3 Å². The zero-order valence-electron chi connectivity index (χ0n) is 14.9. The molecule has 1 atom stereocenters. The second-order valence-corrected chi connectivity index (χ2v) is 6.63. The highest BCUT2D eigenvalue weighted by Crippen LogP contribution is 2.33. The molecule has 6 heteroatoms. The number of carbonyl (C=O) groups is 3. The lowest BCUT2D eigenvalue weighted by molar-refractivity contribution is -0.139. The van der Waals surface area contributed by atoms with Gasteiger partial charge in [0.25, 0.3) is 0 Å². The summed E-state index contributed by atoms with van der Waals surface area (Å²) in [4.78, 5) is 37.9. The lowest BCUT2D eigenvalue weighted by atomic mass is 9.89. The van der Waals surface area contributed by atoms with Crippen molar-refractivity contribution in [1.29, 1.82) is 0 Å². The minimum atomic E-state index is -0.885.